The minimum absolute atomic E-state index is 0.0407. The molecule has 2 aromatic carbocycles. The first-order valence-corrected chi connectivity index (χ1v) is 10.1. The van der Waals surface area contributed by atoms with Gasteiger partial charge in [-0.05, 0) is 30.0 Å². The Morgan fingerprint density at radius 1 is 0.969 bits per heavy atom. The van der Waals surface area contributed by atoms with Gasteiger partial charge in [0.05, 0.1) is 11.2 Å². The first kappa shape index (κ1) is 22.8. The fourth-order valence-electron chi connectivity index (χ4n) is 3.81. The van der Waals surface area contributed by atoms with Crippen LogP contribution < -0.4 is 10.9 Å². The van der Waals surface area contributed by atoms with E-state index in [1.165, 1.54) is 11.1 Å². The lowest BCUT2D eigenvalue weighted by atomic mass is 10.1. The predicted octanol–water partition coefficient (Wildman–Crippen LogP) is 2.35. The number of para-hydroxylation sites is 1. The number of fused-ring (bicyclic) bond motifs is 2. The Balaban J connectivity index is 0.000000312. The Morgan fingerprint density at radius 3 is 2.09 bits per heavy atom. The molecule has 4 rings (SSSR count). The van der Waals surface area contributed by atoms with Crippen molar-refractivity contribution in [1.82, 2.24) is 4.98 Å². The van der Waals surface area contributed by atoms with Crippen LogP contribution in [0.15, 0.2) is 65.5 Å². The minimum Gasteiger partial charge on any atom is -0.478 e. The summed E-state index contributed by atoms with van der Waals surface area (Å²) < 4.78 is 0. The maximum absolute atomic E-state index is 12.4. The summed E-state index contributed by atoms with van der Waals surface area (Å²) in [5, 5.41) is 29.6. The van der Waals surface area contributed by atoms with Crippen LogP contribution >= 0.6 is 0 Å². The number of aromatic nitrogens is 1. The van der Waals surface area contributed by atoms with Crippen molar-refractivity contribution in [2.75, 3.05) is 11.9 Å². The summed E-state index contributed by atoms with van der Waals surface area (Å²) in [6.45, 7) is -0.0407. The van der Waals surface area contributed by atoms with Crippen molar-refractivity contribution in [1.29, 1.82) is 0 Å². The van der Waals surface area contributed by atoms with Crippen LogP contribution in [0, 0.1) is 0 Å². The number of rotatable bonds is 6. The number of H-pyrrole nitrogens is 1. The maximum Gasteiger partial charge on any atom is 0.328 e. The summed E-state index contributed by atoms with van der Waals surface area (Å²) in [6.07, 6.45) is 3.37. The number of aromatic amines is 1. The molecule has 8 heteroatoms. The minimum atomic E-state index is -1.26. The van der Waals surface area contributed by atoms with E-state index in [1.54, 1.807) is 0 Å². The zero-order valence-corrected chi connectivity index (χ0v) is 17.2. The molecule has 1 aliphatic carbocycles. The van der Waals surface area contributed by atoms with Crippen molar-refractivity contribution < 1.29 is 24.9 Å². The predicted molar refractivity (Wildman–Crippen MR) is 121 cm³/mol. The molecule has 5 N–H and O–H groups in total. The molecular weight excluding hydrogens is 412 g/mol. The summed E-state index contributed by atoms with van der Waals surface area (Å²) in [4.78, 5) is 34.5. The van der Waals surface area contributed by atoms with Gasteiger partial charge in [0.2, 0.25) is 0 Å². The third-order valence-corrected chi connectivity index (χ3v) is 5.15. The molecule has 0 bridgehead atoms. The topological polar surface area (TPSA) is 140 Å². The molecule has 0 spiro atoms. The van der Waals surface area contributed by atoms with Crippen LogP contribution in [0.25, 0.3) is 10.9 Å². The molecule has 0 unspecified atom stereocenters. The highest BCUT2D eigenvalue weighted by Gasteiger charge is 2.23. The molecule has 0 amide bonds. The molecule has 0 aliphatic heterocycles. The average molecular weight is 436 g/mol. The van der Waals surface area contributed by atoms with Gasteiger partial charge in [0, 0.05) is 42.2 Å². The smallest absolute Gasteiger partial charge is 0.328 e. The lowest BCUT2D eigenvalue weighted by molar-refractivity contribution is -0.134. The van der Waals surface area contributed by atoms with Crippen molar-refractivity contribution in [2.24, 2.45) is 0 Å². The molecule has 0 radical (unpaired) electrons. The summed E-state index contributed by atoms with van der Waals surface area (Å²) >= 11 is 0. The molecule has 0 saturated heterocycles. The number of aliphatic hydroxyl groups is 1. The zero-order valence-electron chi connectivity index (χ0n) is 17.2. The number of pyridine rings is 1. The van der Waals surface area contributed by atoms with Crippen LogP contribution in [0.4, 0.5) is 5.69 Å². The lowest BCUT2D eigenvalue weighted by Gasteiger charge is -2.19. The van der Waals surface area contributed by atoms with Crippen LogP contribution in [0.5, 0.6) is 0 Å². The van der Waals surface area contributed by atoms with E-state index in [9.17, 15) is 19.5 Å². The fraction of sp³-hybridized carbons (Fsp3) is 0.208. The van der Waals surface area contributed by atoms with Crippen LogP contribution in [-0.2, 0) is 28.9 Å². The van der Waals surface area contributed by atoms with Gasteiger partial charge in [0.15, 0.2) is 0 Å². The summed E-state index contributed by atoms with van der Waals surface area (Å²) in [5.74, 6) is -2.51. The third-order valence-electron chi connectivity index (χ3n) is 5.15. The van der Waals surface area contributed by atoms with E-state index in [0.717, 1.165) is 29.4 Å². The number of carboxylic acids is 2. The maximum atomic E-state index is 12.4. The second-order valence-corrected chi connectivity index (χ2v) is 7.35. The first-order valence-electron chi connectivity index (χ1n) is 10.1. The molecule has 0 atom stereocenters. The standard InChI is InChI=1S/C20H20N2O2.C4H4O4/c23-10-9-17-19(16-7-3-4-8-18(16)22-20(17)24)21-15-11-13-5-1-2-6-14(13)12-15;5-3(6)1-2-4(7)8/h1-8,15,23H,9-12H2,(H2,21,22,24);1-2H,(H,5,6)(H,7,8)/b;2-1-. The highest BCUT2D eigenvalue weighted by atomic mass is 16.4. The van der Waals surface area contributed by atoms with Gasteiger partial charge in [0.25, 0.3) is 5.56 Å². The molecule has 3 aromatic rings. The van der Waals surface area contributed by atoms with Gasteiger partial charge >= 0.3 is 11.9 Å². The number of carbonyl (C=O) groups is 2. The van der Waals surface area contributed by atoms with Crippen LogP contribution in [0.2, 0.25) is 0 Å². The highest BCUT2D eigenvalue weighted by molar-refractivity contribution is 5.93. The summed E-state index contributed by atoms with van der Waals surface area (Å²) in [5.41, 5.74) is 4.93. The number of anilines is 1. The van der Waals surface area contributed by atoms with Crippen LogP contribution in [0.3, 0.4) is 0 Å². The highest BCUT2D eigenvalue weighted by Crippen LogP contribution is 2.29. The molecule has 1 aliphatic rings. The Morgan fingerprint density at radius 2 is 1.53 bits per heavy atom. The molecule has 8 nitrogen and oxygen atoms in total. The van der Waals surface area contributed by atoms with Gasteiger partial charge in [-0.1, -0.05) is 42.5 Å². The second kappa shape index (κ2) is 10.4. The Hall–Kier alpha value is -3.91. The number of nitrogens with one attached hydrogen (secondary N) is 2. The molecule has 1 aromatic heterocycles. The van der Waals surface area contributed by atoms with Gasteiger partial charge < -0.3 is 25.6 Å². The van der Waals surface area contributed by atoms with Gasteiger partial charge in [-0.15, -0.1) is 0 Å². The van der Waals surface area contributed by atoms with E-state index in [2.05, 4.69) is 34.6 Å². The molecule has 0 fully saturated rings. The molecule has 1 heterocycles. The number of hydrogen-bond acceptors (Lipinski definition) is 5. The van der Waals surface area contributed by atoms with Gasteiger partial charge in [0.1, 0.15) is 0 Å². The van der Waals surface area contributed by atoms with Crippen molar-refractivity contribution in [3.05, 3.63) is 87.7 Å². The third kappa shape index (κ3) is 5.61. The van der Waals surface area contributed by atoms with E-state index in [4.69, 9.17) is 10.2 Å². The second-order valence-electron chi connectivity index (χ2n) is 7.35. The molecule has 32 heavy (non-hydrogen) atoms. The van der Waals surface area contributed by atoms with E-state index < -0.39 is 11.9 Å². The Bertz CT molecular complexity index is 1170. The van der Waals surface area contributed by atoms with Gasteiger partial charge in [-0.2, -0.15) is 0 Å². The van der Waals surface area contributed by atoms with E-state index in [-0.39, 0.29) is 18.2 Å². The summed E-state index contributed by atoms with van der Waals surface area (Å²) in [7, 11) is 0. The lowest BCUT2D eigenvalue weighted by Crippen LogP contribution is -2.24. The SMILES string of the molecule is O=C(O)/C=C\C(=O)O.O=c1[nH]c2ccccc2c(NC2Cc3ccccc3C2)c1CCO. The largest absolute Gasteiger partial charge is 0.478 e. The van der Waals surface area contributed by atoms with Crippen molar-refractivity contribution in [3.63, 3.8) is 0 Å². The Labute approximate surface area is 183 Å². The van der Waals surface area contributed by atoms with Crippen LogP contribution in [-0.4, -0.2) is 44.9 Å². The summed E-state index contributed by atoms with van der Waals surface area (Å²) in [6, 6.07) is 16.6. The number of hydrogen-bond donors (Lipinski definition) is 5. The van der Waals surface area contributed by atoms with E-state index in [1.807, 2.05) is 24.3 Å². The van der Waals surface area contributed by atoms with Crippen LogP contribution in [0.1, 0.15) is 16.7 Å². The monoisotopic (exact) mass is 436 g/mol. The average Bonchev–Trinajstić information content (AvgIpc) is 3.17. The normalized spacial score (nSPS) is 12.9. The van der Waals surface area contributed by atoms with Crippen molar-refractivity contribution in [3.8, 4) is 0 Å². The van der Waals surface area contributed by atoms with Gasteiger partial charge in [-0.3, -0.25) is 4.79 Å². The van der Waals surface area contributed by atoms with Crippen molar-refractivity contribution in [2.45, 2.75) is 25.3 Å². The number of benzene rings is 2. The molecule has 0 saturated carbocycles. The van der Waals surface area contributed by atoms with Crippen molar-refractivity contribution >= 4 is 28.5 Å². The molecular formula is C24H24N2O6. The number of aliphatic hydroxyl groups excluding tert-OH is 1. The van der Waals surface area contributed by atoms with E-state index in [0.29, 0.717) is 24.1 Å². The fourth-order valence-corrected chi connectivity index (χ4v) is 3.81. The number of carboxylic acid groups (broad SMARTS) is 2. The Kier molecular flexibility index (Phi) is 7.41. The zero-order chi connectivity index (χ0) is 23.1. The first-order chi connectivity index (χ1) is 15.4. The van der Waals surface area contributed by atoms with Gasteiger partial charge in [-0.25, -0.2) is 9.59 Å². The van der Waals surface area contributed by atoms with E-state index >= 15 is 0 Å². The molecule has 166 valence electrons. The quantitative estimate of drug-likeness (QED) is 0.374. The number of aliphatic carboxylic acids is 2.